The van der Waals surface area contributed by atoms with Gasteiger partial charge in [0.15, 0.2) is 11.4 Å². The summed E-state index contributed by atoms with van der Waals surface area (Å²) in [6.07, 6.45) is 0.553. The Morgan fingerprint density at radius 3 is 2.60 bits per heavy atom. The molecule has 1 N–H and O–H groups in total. The SMILES string of the molecule is CC1(C)CC(=O)c2cc(NC(=O)CCn3c4ccccc4c4nc5ccccc5nc43)ccc2O1. The number of para-hydroxylation sites is 3. The maximum Gasteiger partial charge on any atom is 0.226 e. The molecule has 1 aliphatic rings. The first-order valence-corrected chi connectivity index (χ1v) is 11.7. The summed E-state index contributed by atoms with van der Waals surface area (Å²) in [7, 11) is 0. The Kier molecular flexibility index (Phi) is 4.81. The molecule has 0 fully saturated rings. The molecule has 35 heavy (non-hydrogen) atoms. The molecule has 1 amide bonds. The van der Waals surface area contributed by atoms with Crippen LogP contribution in [0.4, 0.5) is 5.69 Å². The van der Waals surface area contributed by atoms with Crippen molar-refractivity contribution in [1.29, 1.82) is 0 Å². The third kappa shape index (κ3) is 3.79. The second-order valence-corrected chi connectivity index (χ2v) is 9.52. The van der Waals surface area contributed by atoms with E-state index >= 15 is 0 Å². The van der Waals surface area contributed by atoms with Gasteiger partial charge in [-0.15, -0.1) is 0 Å². The average molecular weight is 465 g/mol. The number of aromatic nitrogens is 3. The summed E-state index contributed by atoms with van der Waals surface area (Å²) in [6.45, 7) is 4.24. The molecule has 0 atom stereocenters. The molecule has 0 saturated carbocycles. The zero-order chi connectivity index (χ0) is 24.2. The minimum absolute atomic E-state index is 0.0171. The van der Waals surface area contributed by atoms with Crippen molar-refractivity contribution in [1.82, 2.24) is 14.5 Å². The Labute approximate surface area is 201 Å². The number of carbonyl (C=O) groups excluding carboxylic acids is 2. The number of hydrogen-bond donors (Lipinski definition) is 1. The number of amides is 1. The van der Waals surface area contributed by atoms with Crippen LogP contribution >= 0.6 is 0 Å². The molecule has 0 spiro atoms. The van der Waals surface area contributed by atoms with E-state index in [0.717, 1.165) is 33.1 Å². The fourth-order valence-electron chi connectivity index (χ4n) is 4.78. The topological polar surface area (TPSA) is 86.1 Å². The molecule has 3 heterocycles. The summed E-state index contributed by atoms with van der Waals surface area (Å²) < 4.78 is 7.96. The highest BCUT2D eigenvalue weighted by Crippen LogP contribution is 2.34. The van der Waals surface area contributed by atoms with E-state index in [1.165, 1.54) is 0 Å². The van der Waals surface area contributed by atoms with Gasteiger partial charge in [0.25, 0.3) is 0 Å². The number of Topliss-reactive ketones (excluding diaryl/α,β-unsaturated/α-hetero) is 1. The summed E-state index contributed by atoms with van der Waals surface area (Å²) in [5.41, 5.74) is 4.81. The van der Waals surface area contributed by atoms with E-state index in [1.807, 2.05) is 62.4 Å². The van der Waals surface area contributed by atoms with Crippen molar-refractivity contribution < 1.29 is 14.3 Å². The van der Waals surface area contributed by atoms with Gasteiger partial charge < -0.3 is 14.6 Å². The summed E-state index contributed by atoms with van der Waals surface area (Å²) in [4.78, 5) is 35.1. The van der Waals surface area contributed by atoms with Gasteiger partial charge in [0.05, 0.1) is 28.5 Å². The lowest BCUT2D eigenvalue weighted by Crippen LogP contribution is -2.35. The van der Waals surface area contributed by atoms with Crippen molar-refractivity contribution in [3.63, 3.8) is 0 Å². The number of nitrogens with one attached hydrogen (secondary N) is 1. The fourth-order valence-corrected chi connectivity index (χ4v) is 4.78. The molecule has 1 aliphatic heterocycles. The zero-order valence-electron chi connectivity index (χ0n) is 19.5. The molecule has 174 valence electrons. The fraction of sp³-hybridized carbons (Fsp3) is 0.214. The van der Waals surface area contributed by atoms with Gasteiger partial charge in [-0.05, 0) is 50.2 Å². The summed E-state index contributed by atoms with van der Waals surface area (Å²) in [5.74, 6) is 0.429. The second kappa shape index (κ2) is 7.91. The predicted molar refractivity (Wildman–Crippen MR) is 136 cm³/mol. The highest BCUT2D eigenvalue weighted by atomic mass is 16.5. The quantitative estimate of drug-likeness (QED) is 0.379. The van der Waals surface area contributed by atoms with Crippen LogP contribution in [0.25, 0.3) is 33.1 Å². The van der Waals surface area contributed by atoms with Crippen molar-refractivity contribution >= 4 is 50.5 Å². The van der Waals surface area contributed by atoms with Gasteiger partial charge in [0.2, 0.25) is 5.91 Å². The second-order valence-electron chi connectivity index (χ2n) is 9.52. The Bertz CT molecular complexity index is 1650. The van der Waals surface area contributed by atoms with Crippen LogP contribution in [0.3, 0.4) is 0 Å². The van der Waals surface area contributed by atoms with E-state index in [2.05, 4.69) is 9.88 Å². The number of fused-ring (bicyclic) bond motifs is 5. The van der Waals surface area contributed by atoms with Crippen LogP contribution in [0.2, 0.25) is 0 Å². The minimum atomic E-state index is -0.522. The Morgan fingerprint density at radius 2 is 1.77 bits per heavy atom. The van der Waals surface area contributed by atoms with Gasteiger partial charge in [-0.1, -0.05) is 30.3 Å². The van der Waals surface area contributed by atoms with Gasteiger partial charge in [-0.3, -0.25) is 9.59 Å². The lowest BCUT2D eigenvalue weighted by Gasteiger charge is -2.31. The smallest absolute Gasteiger partial charge is 0.226 e. The van der Waals surface area contributed by atoms with E-state index in [4.69, 9.17) is 14.7 Å². The van der Waals surface area contributed by atoms with Gasteiger partial charge in [-0.25, -0.2) is 9.97 Å². The minimum Gasteiger partial charge on any atom is -0.487 e. The highest BCUT2D eigenvalue weighted by molar-refractivity contribution is 6.06. The van der Waals surface area contributed by atoms with E-state index in [1.54, 1.807) is 18.2 Å². The molecular weight excluding hydrogens is 440 g/mol. The number of ketones is 1. The standard InChI is InChI=1S/C28H24N4O3/c1-28(2)16-23(33)19-15-17(11-12-24(19)35-28)29-25(34)13-14-32-22-10-6-3-7-18(22)26-27(32)31-21-9-5-4-8-20(21)30-26/h3-12,15H,13-14,16H2,1-2H3,(H,29,34). The molecule has 5 aromatic rings. The molecule has 7 heteroatoms. The van der Waals surface area contributed by atoms with Crippen LogP contribution in [0.1, 0.15) is 37.0 Å². The lowest BCUT2D eigenvalue weighted by atomic mass is 9.93. The number of nitrogens with zero attached hydrogens (tertiary/aromatic N) is 3. The van der Waals surface area contributed by atoms with E-state index < -0.39 is 5.60 Å². The summed E-state index contributed by atoms with van der Waals surface area (Å²) in [5, 5.41) is 3.94. The molecule has 7 nitrogen and oxygen atoms in total. The molecule has 2 aromatic heterocycles. The number of aryl methyl sites for hydroxylation is 1. The van der Waals surface area contributed by atoms with Crippen LogP contribution in [0.15, 0.2) is 66.7 Å². The number of rotatable bonds is 4. The van der Waals surface area contributed by atoms with Gasteiger partial charge in [0.1, 0.15) is 16.9 Å². The van der Waals surface area contributed by atoms with Crippen LogP contribution in [0, 0.1) is 0 Å². The Balaban J connectivity index is 1.27. The van der Waals surface area contributed by atoms with Crippen LogP contribution < -0.4 is 10.1 Å². The van der Waals surface area contributed by atoms with Crippen molar-refractivity contribution in [2.24, 2.45) is 0 Å². The molecular formula is C28H24N4O3. The molecule has 0 radical (unpaired) electrons. The lowest BCUT2D eigenvalue weighted by molar-refractivity contribution is -0.116. The Hall–Kier alpha value is -4.26. The zero-order valence-corrected chi connectivity index (χ0v) is 19.5. The normalized spacial score (nSPS) is 14.7. The van der Waals surface area contributed by atoms with Crippen molar-refractivity contribution in [2.75, 3.05) is 5.32 Å². The molecule has 6 rings (SSSR count). The molecule has 3 aromatic carbocycles. The highest BCUT2D eigenvalue weighted by Gasteiger charge is 2.32. The summed E-state index contributed by atoms with van der Waals surface area (Å²) in [6, 6.07) is 21.0. The third-order valence-corrected chi connectivity index (χ3v) is 6.36. The van der Waals surface area contributed by atoms with Crippen molar-refractivity contribution in [3.05, 3.63) is 72.3 Å². The number of carbonyl (C=O) groups is 2. The third-order valence-electron chi connectivity index (χ3n) is 6.36. The number of anilines is 1. The molecule has 0 aliphatic carbocycles. The summed E-state index contributed by atoms with van der Waals surface area (Å²) >= 11 is 0. The number of hydrogen-bond acceptors (Lipinski definition) is 5. The first-order valence-electron chi connectivity index (χ1n) is 11.7. The molecule has 0 saturated heterocycles. The van der Waals surface area contributed by atoms with Gasteiger partial charge >= 0.3 is 0 Å². The monoisotopic (exact) mass is 464 g/mol. The van der Waals surface area contributed by atoms with E-state index in [-0.39, 0.29) is 18.1 Å². The van der Waals surface area contributed by atoms with Gasteiger partial charge in [-0.2, -0.15) is 0 Å². The van der Waals surface area contributed by atoms with Crippen LogP contribution in [-0.4, -0.2) is 31.8 Å². The van der Waals surface area contributed by atoms with Crippen molar-refractivity contribution in [2.45, 2.75) is 38.8 Å². The van der Waals surface area contributed by atoms with Crippen LogP contribution in [0.5, 0.6) is 5.75 Å². The number of benzene rings is 3. The average Bonchev–Trinajstić information content (AvgIpc) is 3.14. The first kappa shape index (κ1) is 21.3. The van der Waals surface area contributed by atoms with E-state index in [9.17, 15) is 9.59 Å². The Morgan fingerprint density at radius 1 is 1.03 bits per heavy atom. The predicted octanol–water partition coefficient (Wildman–Crippen LogP) is 5.51. The molecule has 0 bridgehead atoms. The largest absolute Gasteiger partial charge is 0.487 e. The number of ether oxygens (including phenoxy) is 1. The first-order chi connectivity index (χ1) is 16.9. The van der Waals surface area contributed by atoms with Crippen LogP contribution in [-0.2, 0) is 11.3 Å². The van der Waals surface area contributed by atoms with Gasteiger partial charge in [0, 0.05) is 24.0 Å². The van der Waals surface area contributed by atoms with E-state index in [0.29, 0.717) is 30.0 Å². The maximum absolute atomic E-state index is 12.9. The molecule has 0 unspecified atom stereocenters. The maximum atomic E-state index is 12.9. The van der Waals surface area contributed by atoms with Crippen molar-refractivity contribution in [3.8, 4) is 5.75 Å².